The molecule has 0 aliphatic carbocycles. The summed E-state index contributed by atoms with van der Waals surface area (Å²) in [7, 11) is 0. The fraction of sp³-hybridized carbons (Fsp3) is 0.667. The van der Waals surface area contributed by atoms with E-state index in [1.54, 1.807) is 0 Å². The highest BCUT2D eigenvalue weighted by Gasteiger charge is 2.22. The molecule has 76 valence electrons. The lowest BCUT2D eigenvalue weighted by molar-refractivity contribution is 0.124. The number of hydrogen-bond donors (Lipinski definition) is 2. The van der Waals surface area contributed by atoms with Gasteiger partial charge in [0.25, 0.3) is 0 Å². The highest BCUT2D eigenvalue weighted by atomic mass is 16.5. The first-order chi connectivity index (χ1) is 5.87. The molecule has 0 bridgehead atoms. The maximum absolute atomic E-state index is 10.6. The Hall–Kier alpha value is -1.19. The van der Waals surface area contributed by atoms with Crippen molar-refractivity contribution in [2.24, 2.45) is 5.73 Å². The molecular weight excluding hydrogens is 168 g/mol. The van der Waals surface area contributed by atoms with Gasteiger partial charge in [0.05, 0.1) is 12.4 Å². The zero-order valence-electron chi connectivity index (χ0n) is 8.46. The van der Waals surface area contributed by atoms with Gasteiger partial charge in [0.15, 0.2) is 0 Å². The van der Waals surface area contributed by atoms with E-state index in [9.17, 15) is 4.79 Å². The van der Waals surface area contributed by atoms with E-state index in [-0.39, 0.29) is 11.6 Å². The van der Waals surface area contributed by atoms with E-state index >= 15 is 0 Å². The fourth-order valence-corrected chi connectivity index (χ4v) is 1.32. The van der Waals surface area contributed by atoms with E-state index in [1.165, 1.54) is 6.26 Å². The van der Waals surface area contributed by atoms with Crippen molar-refractivity contribution in [2.75, 3.05) is 0 Å². The molecule has 0 saturated carbocycles. The normalized spacial score (nSPS) is 13.2. The monoisotopic (exact) mass is 186 g/mol. The lowest BCUT2D eigenvalue weighted by Gasteiger charge is -2.27. The van der Waals surface area contributed by atoms with Gasteiger partial charge in [0, 0.05) is 12.0 Å². The standard InChI is InChI=1S/C9H18N2O2/c1-5-13-7(2)6-9(3,4)11-8(10)12/h5,7H,1,6H2,2-4H3,(H3,10,11,12). The van der Waals surface area contributed by atoms with E-state index in [4.69, 9.17) is 10.5 Å². The topological polar surface area (TPSA) is 64.3 Å². The number of amides is 2. The highest BCUT2D eigenvalue weighted by molar-refractivity contribution is 5.72. The lowest BCUT2D eigenvalue weighted by atomic mass is 9.97. The Labute approximate surface area is 79.1 Å². The van der Waals surface area contributed by atoms with Crippen LogP contribution in [-0.4, -0.2) is 17.7 Å². The van der Waals surface area contributed by atoms with Crippen molar-refractivity contribution >= 4 is 6.03 Å². The molecule has 1 atom stereocenters. The number of rotatable bonds is 5. The summed E-state index contributed by atoms with van der Waals surface area (Å²) in [4.78, 5) is 10.6. The van der Waals surface area contributed by atoms with Crippen LogP contribution >= 0.6 is 0 Å². The Morgan fingerprint density at radius 1 is 1.77 bits per heavy atom. The van der Waals surface area contributed by atoms with Crippen LogP contribution in [-0.2, 0) is 4.74 Å². The van der Waals surface area contributed by atoms with Crippen molar-refractivity contribution in [3.63, 3.8) is 0 Å². The van der Waals surface area contributed by atoms with Crippen LogP contribution in [0, 0.1) is 0 Å². The molecule has 0 fully saturated rings. The second kappa shape index (κ2) is 4.74. The number of ether oxygens (including phenoxy) is 1. The molecule has 0 aromatic carbocycles. The van der Waals surface area contributed by atoms with E-state index in [2.05, 4.69) is 11.9 Å². The van der Waals surface area contributed by atoms with Crippen molar-refractivity contribution in [1.29, 1.82) is 0 Å². The number of carbonyl (C=O) groups is 1. The first kappa shape index (κ1) is 11.8. The average molecular weight is 186 g/mol. The number of nitrogens with one attached hydrogen (secondary N) is 1. The highest BCUT2D eigenvalue weighted by Crippen LogP contribution is 2.13. The number of urea groups is 1. The van der Waals surface area contributed by atoms with Crippen molar-refractivity contribution in [3.05, 3.63) is 12.8 Å². The molecule has 2 amide bonds. The van der Waals surface area contributed by atoms with Gasteiger partial charge in [-0.05, 0) is 20.8 Å². The predicted octanol–water partition coefficient (Wildman–Crippen LogP) is 1.37. The van der Waals surface area contributed by atoms with Gasteiger partial charge >= 0.3 is 6.03 Å². The summed E-state index contributed by atoms with van der Waals surface area (Å²) in [6.45, 7) is 9.15. The Bertz CT molecular complexity index is 190. The third-order valence-electron chi connectivity index (χ3n) is 1.59. The molecule has 13 heavy (non-hydrogen) atoms. The molecular formula is C9H18N2O2. The van der Waals surface area contributed by atoms with E-state index in [0.29, 0.717) is 6.42 Å². The zero-order valence-corrected chi connectivity index (χ0v) is 8.46. The number of hydrogen-bond acceptors (Lipinski definition) is 2. The Balaban J connectivity index is 3.99. The van der Waals surface area contributed by atoms with Crippen LogP contribution in [0.15, 0.2) is 12.8 Å². The summed E-state index contributed by atoms with van der Waals surface area (Å²) < 4.78 is 5.13. The molecule has 3 N–H and O–H groups in total. The van der Waals surface area contributed by atoms with Crippen LogP contribution < -0.4 is 11.1 Å². The molecule has 0 aromatic rings. The maximum atomic E-state index is 10.6. The molecule has 0 aliphatic rings. The number of nitrogens with two attached hydrogens (primary N) is 1. The minimum Gasteiger partial charge on any atom is -0.499 e. The molecule has 0 rings (SSSR count). The molecule has 0 aliphatic heterocycles. The van der Waals surface area contributed by atoms with Crippen molar-refractivity contribution in [1.82, 2.24) is 5.32 Å². The lowest BCUT2D eigenvalue weighted by Crippen LogP contribution is -2.47. The molecule has 0 heterocycles. The smallest absolute Gasteiger partial charge is 0.312 e. The van der Waals surface area contributed by atoms with Crippen molar-refractivity contribution in [2.45, 2.75) is 38.8 Å². The predicted molar refractivity (Wildman–Crippen MR) is 52.2 cm³/mol. The van der Waals surface area contributed by atoms with Crippen molar-refractivity contribution in [3.8, 4) is 0 Å². The number of primary amides is 1. The van der Waals surface area contributed by atoms with Crippen LogP contribution in [0.1, 0.15) is 27.2 Å². The van der Waals surface area contributed by atoms with Crippen LogP contribution in [0.3, 0.4) is 0 Å². The van der Waals surface area contributed by atoms with Crippen molar-refractivity contribution < 1.29 is 9.53 Å². The SMILES string of the molecule is C=COC(C)CC(C)(C)NC(N)=O. The molecule has 0 radical (unpaired) electrons. The van der Waals surface area contributed by atoms with Gasteiger partial charge < -0.3 is 15.8 Å². The quantitative estimate of drug-likeness (QED) is 0.637. The Kier molecular flexibility index (Phi) is 4.31. The van der Waals surface area contributed by atoms with Gasteiger partial charge in [-0.15, -0.1) is 0 Å². The maximum Gasteiger partial charge on any atom is 0.312 e. The minimum atomic E-state index is -0.518. The fourth-order valence-electron chi connectivity index (χ4n) is 1.32. The third-order valence-corrected chi connectivity index (χ3v) is 1.59. The van der Waals surface area contributed by atoms with Gasteiger partial charge in [-0.1, -0.05) is 6.58 Å². The van der Waals surface area contributed by atoms with Gasteiger partial charge in [-0.25, -0.2) is 4.79 Å². The van der Waals surface area contributed by atoms with Gasteiger partial charge in [0.2, 0.25) is 0 Å². The largest absolute Gasteiger partial charge is 0.499 e. The van der Waals surface area contributed by atoms with Crippen LogP contribution in [0.5, 0.6) is 0 Å². The molecule has 0 spiro atoms. The van der Waals surface area contributed by atoms with E-state index in [1.807, 2.05) is 20.8 Å². The van der Waals surface area contributed by atoms with E-state index < -0.39 is 6.03 Å². The first-order valence-electron chi connectivity index (χ1n) is 4.21. The third kappa shape index (κ3) is 6.02. The molecule has 0 saturated heterocycles. The zero-order chi connectivity index (χ0) is 10.5. The summed E-state index contributed by atoms with van der Waals surface area (Å²) in [5, 5.41) is 2.63. The summed E-state index contributed by atoms with van der Waals surface area (Å²) in [6, 6.07) is -0.518. The molecule has 4 heteroatoms. The van der Waals surface area contributed by atoms with Crippen LogP contribution in [0.25, 0.3) is 0 Å². The Morgan fingerprint density at radius 2 is 2.31 bits per heavy atom. The summed E-state index contributed by atoms with van der Waals surface area (Å²) in [5.74, 6) is 0. The first-order valence-corrected chi connectivity index (χ1v) is 4.21. The van der Waals surface area contributed by atoms with Crippen LogP contribution in [0.2, 0.25) is 0 Å². The average Bonchev–Trinajstić information content (AvgIpc) is 1.81. The summed E-state index contributed by atoms with van der Waals surface area (Å²) >= 11 is 0. The second-order valence-corrected chi connectivity index (χ2v) is 3.69. The number of carbonyl (C=O) groups excluding carboxylic acids is 1. The van der Waals surface area contributed by atoms with Gasteiger partial charge in [-0.2, -0.15) is 0 Å². The Morgan fingerprint density at radius 3 is 2.69 bits per heavy atom. The summed E-state index contributed by atoms with van der Waals surface area (Å²) in [5.41, 5.74) is 4.66. The van der Waals surface area contributed by atoms with Gasteiger partial charge in [0.1, 0.15) is 0 Å². The minimum absolute atomic E-state index is 0.0133. The molecule has 0 aromatic heterocycles. The van der Waals surface area contributed by atoms with E-state index in [0.717, 1.165) is 0 Å². The van der Waals surface area contributed by atoms with Gasteiger partial charge in [-0.3, -0.25) is 0 Å². The van der Waals surface area contributed by atoms with Crippen LogP contribution in [0.4, 0.5) is 4.79 Å². The summed E-state index contributed by atoms with van der Waals surface area (Å²) in [6.07, 6.45) is 2.09. The molecule has 1 unspecified atom stereocenters. The molecule has 4 nitrogen and oxygen atoms in total. The second-order valence-electron chi connectivity index (χ2n) is 3.69.